The van der Waals surface area contributed by atoms with Crippen LogP contribution in [0.2, 0.25) is 0 Å². The molecule has 0 radical (unpaired) electrons. The van der Waals surface area contributed by atoms with Crippen LogP contribution in [0.4, 0.5) is 8.78 Å². The van der Waals surface area contributed by atoms with Crippen LogP contribution in [0.1, 0.15) is 69.1 Å². The molecule has 0 saturated heterocycles. The normalized spacial score (nSPS) is 24.8. The molecule has 1 fully saturated rings. The van der Waals surface area contributed by atoms with Crippen molar-refractivity contribution in [1.29, 1.82) is 0 Å². The van der Waals surface area contributed by atoms with Gasteiger partial charge in [0.25, 0.3) is 0 Å². The molecule has 2 aliphatic carbocycles. The molecule has 1 aromatic carbocycles. The van der Waals surface area contributed by atoms with E-state index in [0.717, 1.165) is 24.1 Å². The molecule has 156 valence electrons. The Morgan fingerprint density at radius 1 is 1.23 bits per heavy atom. The first-order chi connectivity index (χ1) is 14.4. The molecule has 1 saturated carbocycles. The third-order valence-electron chi connectivity index (χ3n) is 6.93. The number of nitrogens with zero attached hydrogens (tertiary/aromatic N) is 4. The van der Waals surface area contributed by atoms with Gasteiger partial charge in [-0.25, -0.2) is 13.8 Å². The SMILES string of the molecule is CC[C@@H](O[C@@]12CC[C@@H](c3cc(-c4c(F)cccc4F)nnc31)C2(C)C)c1nc[nH]n1. The number of halogens is 2. The summed E-state index contributed by atoms with van der Waals surface area (Å²) in [5.41, 5.74) is 0.898. The van der Waals surface area contributed by atoms with Gasteiger partial charge in [-0.1, -0.05) is 26.8 Å². The van der Waals surface area contributed by atoms with Crippen molar-refractivity contribution in [2.45, 2.75) is 57.7 Å². The summed E-state index contributed by atoms with van der Waals surface area (Å²) in [5, 5.41) is 15.7. The Kier molecular flexibility index (Phi) is 4.25. The minimum Gasteiger partial charge on any atom is -0.357 e. The average Bonchev–Trinajstić information content (AvgIpc) is 3.37. The standard InChI is InChI=1S/C22H23F2N5O/c1-4-17(20-25-11-26-29-20)30-22-9-8-13(21(22,2)3)12-10-16(27-28-19(12)22)18-14(23)6-5-7-15(18)24/h5-7,10-11,13,17H,4,8-9H2,1-3H3,(H,25,26,29)/t13-,17+,22-/m0/s1. The van der Waals surface area contributed by atoms with Crippen molar-refractivity contribution >= 4 is 0 Å². The maximum Gasteiger partial charge on any atom is 0.179 e. The summed E-state index contributed by atoms with van der Waals surface area (Å²) < 4.78 is 35.4. The molecule has 0 spiro atoms. The van der Waals surface area contributed by atoms with E-state index >= 15 is 0 Å². The summed E-state index contributed by atoms with van der Waals surface area (Å²) in [5.74, 6) is -0.514. The van der Waals surface area contributed by atoms with Crippen molar-refractivity contribution in [3.8, 4) is 11.3 Å². The van der Waals surface area contributed by atoms with Crippen LogP contribution in [0.25, 0.3) is 11.3 Å². The van der Waals surface area contributed by atoms with E-state index in [2.05, 4.69) is 39.2 Å². The Labute approximate surface area is 173 Å². The highest BCUT2D eigenvalue weighted by molar-refractivity contribution is 5.63. The summed E-state index contributed by atoms with van der Waals surface area (Å²) >= 11 is 0. The van der Waals surface area contributed by atoms with Crippen LogP contribution in [-0.4, -0.2) is 25.4 Å². The molecule has 3 atom stereocenters. The van der Waals surface area contributed by atoms with Crippen molar-refractivity contribution in [2.24, 2.45) is 5.41 Å². The first-order valence-corrected chi connectivity index (χ1v) is 10.2. The third-order valence-corrected chi connectivity index (χ3v) is 6.93. The van der Waals surface area contributed by atoms with Crippen LogP contribution in [0.15, 0.2) is 30.6 Å². The number of hydrogen-bond acceptors (Lipinski definition) is 5. The number of hydrogen-bond donors (Lipinski definition) is 1. The van der Waals surface area contributed by atoms with E-state index in [0.29, 0.717) is 12.2 Å². The maximum absolute atomic E-state index is 14.3. The van der Waals surface area contributed by atoms with Crippen molar-refractivity contribution in [1.82, 2.24) is 25.4 Å². The van der Waals surface area contributed by atoms with Crippen LogP contribution in [0.5, 0.6) is 0 Å². The number of aromatic amines is 1. The summed E-state index contributed by atoms with van der Waals surface area (Å²) in [6.45, 7) is 6.36. The molecule has 3 aromatic rings. The Hall–Kier alpha value is -2.74. The highest BCUT2D eigenvalue weighted by Gasteiger charge is 2.65. The van der Waals surface area contributed by atoms with E-state index in [-0.39, 0.29) is 28.7 Å². The highest BCUT2D eigenvalue weighted by atomic mass is 19.1. The molecule has 8 heteroatoms. The van der Waals surface area contributed by atoms with Gasteiger partial charge in [-0.05, 0) is 48.9 Å². The number of rotatable bonds is 5. The van der Waals surface area contributed by atoms with Crippen molar-refractivity contribution in [3.05, 3.63) is 59.3 Å². The predicted molar refractivity (Wildman–Crippen MR) is 105 cm³/mol. The van der Waals surface area contributed by atoms with Gasteiger partial charge < -0.3 is 4.74 Å². The van der Waals surface area contributed by atoms with Crippen LogP contribution >= 0.6 is 0 Å². The van der Waals surface area contributed by atoms with Crippen LogP contribution in [0, 0.1) is 17.0 Å². The fourth-order valence-corrected chi connectivity index (χ4v) is 5.33. The Morgan fingerprint density at radius 3 is 2.67 bits per heavy atom. The van der Waals surface area contributed by atoms with Crippen molar-refractivity contribution < 1.29 is 13.5 Å². The van der Waals surface area contributed by atoms with E-state index in [1.54, 1.807) is 12.4 Å². The Balaban J connectivity index is 1.61. The van der Waals surface area contributed by atoms with E-state index in [9.17, 15) is 8.78 Å². The molecule has 2 aromatic heterocycles. The van der Waals surface area contributed by atoms with E-state index in [1.165, 1.54) is 18.2 Å². The summed E-state index contributed by atoms with van der Waals surface area (Å²) in [6, 6.07) is 5.60. The lowest BCUT2D eigenvalue weighted by molar-refractivity contribution is -0.154. The Bertz CT molecular complexity index is 1080. The monoisotopic (exact) mass is 411 g/mol. The fourth-order valence-electron chi connectivity index (χ4n) is 5.33. The molecule has 2 bridgehead atoms. The van der Waals surface area contributed by atoms with Gasteiger partial charge in [-0.2, -0.15) is 10.2 Å². The van der Waals surface area contributed by atoms with Gasteiger partial charge in [0.05, 0.1) is 17.0 Å². The van der Waals surface area contributed by atoms with Gasteiger partial charge in [0.1, 0.15) is 29.7 Å². The molecule has 2 heterocycles. The molecular formula is C22H23F2N5O. The third kappa shape index (κ3) is 2.49. The van der Waals surface area contributed by atoms with Gasteiger partial charge >= 0.3 is 0 Å². The zero-order valence-corrected chi connectivity index (χ0v) is 17.1. The molecule has 0 aliphatic heterocycles. The minimum absolute atomic E-state index is 0.143. The number of aromatic nitrogens is 5. The second-order valence-electron chi connectivity index (χ2n) is 8.64. The predicted octanol–water partition coefficient (Wildman–Crippen LogP) is 4.82. The molecule has 0 amide bonds. The smallest absolute Gasteiger partial charge is 0.179 e. The van der Waals surface area contributed by atoms with Crippen molar-refractivity contribution in [2.75, 3.05) is 0 Å². The van der Waals surface area contributed by atoms with Gasteiger partial charge in [0.15, 0.2) is 5.82 Å². The molecule has 0 unspecified atom stereocenters. The van der Waals surface area contributed by atoms with E-state index < -0.39 is 17.2 Å². The maximum atomic E-state index is 14.3. The molecule has 1 N–H and O–H groups in total. The number of nitrogens with one attached hydrogen (secondary N) is 1. The van der Waals surface area contributed by atoms with Crippen LogP contribution in [-0.2, 0) is 10.3 Å². The average molecular weight is 411 g/mol. The van der Waals surface area contributed by atoms with E-state index in [4.69, 9.17) is 4.74 Å². The minimum atomic E-state index is -0.645. The van der Waals surface area contributed by atoms with Gasteiger partial charge in [0, 0.05) is 5.41 Å². The first-order valence-electron chi connectivity index (χ1n) is 10.2. The molecule has 2 aliphatic rings. The van der Waals surface area contributed by atoms with Crippen LogP contribution < -0.4 is 0 Å². The quantitative estimate of drug-likeness (QED) is 0.651. The number of benzene rings is 1. The summed E-state index contributed by atoms with van der Waals surface area (Å²) in [4.78, 5) is 4.27. The zero-order valence-electron chi connectivity index (χ0n) is 17.1. The largest absolute Gasteiger partial charge is 0.357 e. The highest BCUT2D eigenvalue weighted by Crippen LogP contribution is 2.68. The fraction of sp³-hybridized carbons (Fsp3) is 0.455. The van der Waals surface area contributed by atoms with Crippen LogP contribution in [0.3, 0.4) is 0 Å². The molecule has 30 heavy (non-hydrogen) atoms. The number of ether oxygens (including phenoxy) is 1. The van der Waals surface area contributed by atoms with Gasteiger partial charge in [-0.15, -0.1) is 5.10 Å². The zero-order chi connectivity index (χ0) is 21.1. The molecular weight excluding hydrogens is 388 g/mol. The van der Waals surface area contributed by atoms with Gasteiger partial charge in [0.2, 0.25) is 0 Å². The number of H-pyrrole nitrogens is 1. The summed E-state index contributed by atoms with van der Waals surface area (Å²) in [6.07, 6.45) is 3.68. The van der Waals surface area contributed by atoms with E-state index in [1.807, 2.05) is 6.92 Å². The lowest BCUT2D eigenvalue weighted by atomic mass is 9.77. The molecule has 5 rings (SSSR count). The second-order valence-corrected chi connectivity index (χ2v) is 8.64. The number of fused-ring (bicyclic) bond motifs is 5. The molecule has 6 nitrogen and oxygen atoms in total. The lowest BCUT2D eigenvalue weighted by Gasteiger charge is -2.39. The topological polar surface area (TPSA) is 76.6 Å². The lowest BCUT2D eigenvalue weighted by Crippen LogP contribution is -2.39. The second kappa shape index (κ2) is 6.63. The Morgan fingerprint density at radius 2 is 2.00 bits per heavy atom. The van der Waals surface area contributed by atoms with Gasteiger partial charge in [-0.3, -0.25) is 5.10 Å². The van der Waals surface area contributed by atoms with Crippen molar-refractivity contribution in [3.63, 3.8) is 0 Å². The summed E-state index contributed by atoms with van der Waals surface area (Å²) in [7, 11) is 0. The first kappa shape index (κ1) is 19.2.